The number of phenolic OH excluding ortho intramolecular Hbond substituents is 1. The number of halogens is 1. The van der Waals surface area contributed by atoms with Gasteiger partial charge in [0.2, 0.25) is 5.91 Å². The quantitative estimate of drug-likeness (QED) is 0.319. The van der Waals surface area contributed by atoms with E-state index in [0.29, 0.717) is 15.7 Å². The standard InChI is InChI=1S/C23H16BrN3O6/c24-13-6-11-18(28)17(12-13)20-19-21(33-26(20)15-4-2-1-3-5-15)23(30)25(22(19)29)14-7-9-16(10-8-14)27(31)32/h1-12,19-21,28H. The summed E-state index contributed by atoms with van der Waals surface area (Å²) >= 11 is 3.40. The van der Waals surface area contributed by atoms with Crippen LogP contribution in [0.25, 0.3) is 0 Å². The number of fused-ring (bicyclic) bond motifs is 1. The second-order valence-electron chi connectivity index (χ2n) is 7.65. The van der Waals surface area contributed by atoms with Crippen LogP contribution in [0.5, 0.6) is 5.75 Å². The molecular weight excluding hydrogens is 494 g/mol. The number of phenols is 1. The van der Waals surface area contributed by atoms with E-state index in [0.717, 1.165) is 4.90 Å². The fraction of sp³-hybridized carbons (Fsp3) is 0.130. The summed E-state index contributed by atoms with van der Waals surface area (Å²) in [6.45, 7) is 0. The zero-order valence-electron chi connectivity index (χ0n) is 16.9. The fourth-order valence-electron chi connectivity index (χ4n) is 4.27. The first-order valence-electron chi connectivity index (χ1n) is 9.98. The number of rotatable bonds is 4. The maximum absolute atomic E-state index is 13.5. The lowest BCUT2D eigenvalue weighted by atomic mass is 9.90. The van der Waals surface area contributed by atoms with E-state index in [2.05, 4.69) is 15.9 Å². The summed E-state index contributed by atoms with van der Waals surface area (Å²) in [5, 5.41) is 23.1. The van der Waals surface area contributed by atoms with Gasteiger partial charge >= 0.3 is 0 Å². The molecule has 2 heterocycles. The Hall–Kier alpha value is -3.76. The van der Waals surface area contributed by atoms with Crippen molar-refractivity contribution in [2.24, 2.45) is 5.92 Å². The van der Waals surface area contributed by atoms with Gasteiger partial charge in [0.25, 0.3) is 11.6 Å². The van der Waals surface area contributed by atoms with Crippen molar-refractivity contribution < 1.29 is 24.5 Å². The molecule has 3 aromatic rings. The molecule has 0 bridgehead atoms. The molecule has 2 aliphatic rings. The second-order valence-corrected chi connectivity index (χ2v) is 8.56. The van der Waals surface area contributed by atoms with Crippen molar-refractivity contribution in [2.75, 3.05) is 9.96 Å². The monoisotopic (exact) mass is 509 g/mol. The van der Waals surface area contributed by atoms with Crippen LogP contribution < -0.4 is 9.96 Å². The molecule has 2 amide bonds. The first-order chi connectivity index (χ1) is 15.9. The average Bonchev–Trinajstić information content (AvgIpc) is 3.32. The highest BCUT2D eigenvalue weighted by Gasteiger charge is 2.60. The highest BCUT2D eigenvalue weighted by atomic mass is 79.9. The Balaban J connectivity index is 1.58. The van der Waals surface area contributed by atoms with Crippen LogP contribution >= 0.6 is 15.9 Å². The van der Waals surface area contributed by atoms with Gasteiger partial charge in [-0.25, -0.2) is 9.96 Å². The van der Waals surface area contributed by atoms with Crippen molar-refractivity contribution in [2.45, 2.75) is 12.1 Å². The number of para-hydroxylation sites is 1. The van der Waals surface area contributed by atoms with E-state index in [-0.39, 0.29) is 17.1 Å². The Bertz CT molecular complexity index is 1270. The summed E-state index contributed by atoms with van der Waals surface area (Å²) < 4.78 is 0.691. The lowest BCUT2D eigenvalue weighted by Crippen LogP contribution is -2.37. The third-order valence-corrected chi connectivity index (χ3v) is 6.25. The molecule has 5 rings (SSSR count). The number of aromatic hydroxyl groups is 1. The first kappa shape index (κ1) is 21.1. The molecule has 2 saturated heterocycles. The predicted octanol–water partition coefficient (Wildman–Crippen LogP) is 4.11. The van der Waals surface area contributed by atoms with E-state index in [9.17, 15) is 24.8 Å². The molecule has 1 N–H and O–H groups in total. The molecular formula is C23H16BrN3O6. The smallest absolute Gasteiger partial charge is 0.269 e. The number of hydrogen-bond donors (Lipinski definition) is 1. The number of nitro benzene ring substituents is 1. The molecule has 0 saturated carbocycles. The number of hydroxylamine groups is 1. The molecule has 10 heteroatoms. The number of nitro groups is 1. The van der Waals surface area contributed by atoms with Gasteiger partial charge in [-0.2, -0.15) is 0 Å². The van der Waals surface area contributed by atoms with Crippen molar-refractivity contribution in [3.05, 3.63) is 92.9 Å². The minimum absolute atomic E-state index is 0.0394. The van der Waals surface area contributed by atoms with Gasteiger partial charge in [0, 0.05) is 22.2 Å². The number of hydrogen-bond acceptors (Lipinski definition) is 7. The minimum atomic E-state index is -1.11. The van der Waals surface area contributed by atoms with Crippen LogP contribution in [0, 0.1) is 16.0 Å². The van der Waals surface area contributed by atoms with E-state index in [1.165, 1.54) is 35.4 Å². The molecule has 3 aromatic carbocycles. The van der Waals surface area contributed by atoms with E-state index in [4.69, 9.17) is 4.84 Å². The fourth-order valence-corrected chi connectivity index (χ4v) is 4.65. The van der Waals surface area contributed by atoms with Gasteiger partial charge in [-0.15, -0.1) is 0 Å². The topological polar surface area (TPSA) is 113 Å². The lowest BCUT2D eigenvalue weighted by Gasteiger charge is -2.29. The van der Waals surface area contributed by atoms with Crippen LogP contribution in [0.1, 0.15) is 11.6 Å². The van der Waals surface area contributed by atoms with E-state index >= 15 is 0 Å². The highest BCUT2D eigenvalue weighted by Crippen LogP contribution is 2.49. The van der Waals surface area contributed by atoms with Gasteiger partial charge in [0.15, 0.2) is 6.10 Å². The molecule has 0 aliphatic carbocycles. The Morgan fingerprint density at radius 2 is 1.64 bits per heavy atom. The van der Waals surface area contributed by atoms with E-state index in [1.54, 1.807) is 36.4 Å². The summed E-state index contributed by atoms with van der Waals surface area (Å²) in [6, 6.07) is 18.3. The molecule has 3 atom stereocenters. The lowest BCUT2D eigenvalue weighted by molar-refractivity contribution is -0.384. The third-order valence-electron chi connectivity index (χ3n) is 5.75. The number of carbonyl (C=O) groups is 2. The average molecular weight is 510 g/mol. The highest BCUT2D eigenvalue weighted by molar-refractivity contribution is 9.10. The normalized spacial score (nSPS) is 22.0. The van der Waals surface area contributed by atoms with Crippen molar-refractivity contribution in [1.29, 1.82) is 0 Å². The number of nitrogens with zero attached hydrogens (tertiary/aromatic N) is 3. The van der Waals surface area contributed by atoms with Gasteiger partial charge in [-0.05, 0) is 42.5 Å². The van der Waals surface area contributed by atoms with Crippen LogP contribution in [0.3, 0.4) is 0 Å². The number of amides is 2. The summed E-state index contributed by atoms with van der Waals surface area (Å²) in [7, 11) is 0. The molecule has 166 valence electrons. The van der Waals surface area contributed by atoms with Crippen molar-refractivity contribution in [3.8, 4) is 5.75 Å². The van der Waals surface area contributed by atoms with Crippen LogP contribution in [0.2, 0.25) is 0 Å². The Labute approximate surface area is 196 Å². The van der Waals surface area contributed by atoms with Crippen molar-refractivity contribution in [3.63, 3.8) is 0 Å². The molecule has 0 radical (unpaired) electrons. The summed E-state index contributed by atoms with van der Waals surface area (Å²) in [4.78, 5) is 44.2. The maximum atomic E-state index is 13.5. The molecule has 3 unspecified atom stereocenters. The molecule has 2 fully saturated rings. The minimum Gasteiger partial charge on any atom is -0.508 e. The van der Waals surface area contributed by atoms with Crippen LogP contribution in [0.15, 0.2) is 77.3 Å². The predicted molar refractivity (Wildman–Crippen MR) is 121 cm³/mol. The maximum Gasteiger partial charge on any atom is 0.269 e. The van der Waals surface area contributed by atoms with Crippen LogP contribution in [0.4, 0.5) is 17.1 Å². The van der Waals surface area contributed by atoms with Crippen LogP contribution in [-0.4, -0.2) is 27.9 Å². The Kier molecular flexibility index (Phi) is 5.10. The third kappa shape index (κ3) is 3.43. The first-order valence-corrected chi connectivity index (χ1v) is 10.8. The summed E-state index contributed by atoms with van der Waals surface area (Å²) in [6.07, 6.45) is -1.11. The largest absolute Gasteiger partial charge is 0.508 e. The zero-order valence-corrected chi connectivity index (χ0v) is 18.5. The van der Waals surface area contributed by atoms with Gasteiger partial charge in [0.1, 0.15) is 11.7 Å². The van der Waals surface area contributed by atoms with Crippen molar-refractivity contribution >= 4 is 44.8 Å². The Morgan fingerprint density at radius 3 is 2.30 bits per heavy atom. The second kappa shape index (κ2) is 7.98. The van der Waals surface area contributed by atoms with E-state index in [1.807, 2.05) is 6.07 Å². The van der Waals surface area contributed by atoms with Crippen LogP contribution in [-0.2, 0) is 14.4 Å². The number of benzene rings is 3. The SMILES string of the molecule is O=C1C2ON(c3ccccc3)C(c3cc(Br)ccc3O)C2C(=O)N1c1ccc([N+](=O)[O-])cc1. The molecule has 0 aromatic heterocycles. The van der Waals surface area contributed by atoms with Gasteiger partial charge < -0.3 is 5.11 Å². The van der Waals surface area contributed by atoms with Gasteiger partial charge in [-0.1, -0.05) is 34.1 Å². The van der Waals surface area contributed by atoms with Crippen molar-refractivity contribution in [1.82, 2.24) is 0 Å². The number of carbonyl (C=O) groups excluding carboxylic acids is 2. The summed E-state index contributed by atoms with van der Waals surface area (Å²) in [5.74, 6) is -2.06. The zero-order chi connectivity index (χ0) is 23.3. The van der Waals surface area contributed by atoms with E-state index < -0.39 is 34.8 Å². The van der Waals surface area contributed by atoms with Gasteiger partial charge in [-0.3, -0.25) is 24.5 Å². The number of non-ortho nitro benzene ring substituents is 1. The Morgan fingerprint density at radius 1 is 0.939 bits per heavy atom. The number of anilines is 2. The molecule has 0 spiro atoms. The molecule has 9 nitrogen and oxygen atoms in total. The van der Waals surface area contributed by atoms with Gasteiger partial charge in [0.05, 0.1) is 22.3 Å². The summed E-state index contributed by atoms with van der Waals surface area (Å²) in [5.41, 5.74) is 1.12. The molecule has 33 heavy (non-hydrogen) atoms. The number of imide groups is 1. The molecule has 2 aliphatic heterocycles.